The van der Waals surface area contributed by atoms with Crippen LogP contribution in [0, 0.1) is 5.92 Å². The third kappa shape index (κ3) is 4.75. The Morgan fingerprint density at radius 3 is 2.36 bits per heavy atom. The number of benzene rings is 1. The summed E-state index contributed by atoms with van der Waals surface area (Å²) in [5.74, 6) is 0.414. The third-order valence-electron chi connectivity index (χ3n) is 5.61. The van der Waals surface area contributed by atoms with Crippen LogP contribution in [0.3, 0.4) is 0 Å². The molecule has 2 fully saturated rings. The van der Waals surface area contributed by atoms with Crippen molar-refractivity contribution in [3.8, 4) is 0 Å². The van der Waals surface area contributed by atoms with Crippen molar-refractivity contribution < 1.29 is 4.79 Å². The molecule has 1 atom stereocenters. The van der Waals surface area contributed by atoms with Crippen LogP contribution >= 0.6 is 0 Å². The second kappa shape index (κ2) is 7.77. The molecule has 2 saturated heterocycles. The highest BCUT2D eigenvalue weighted by atomic mass is 16.2. The Labute approximate surface area is 152 Å². The van der Waals surface area contributed by atoms with Crippen LogP contribution in [0.25, 0.3) is 0 Å². The molecule has 1 amide bonds. The molecule has 2 N–H and O–H groups in total. The Hall–Kier alpha value is -1.55. The van der Waals surface area contributed by atoms with Crippen molar-refractivity contribution in [1.82, 2.24) is 10.6 Å². The minimum absolute atomic E-state index is 0.164. The van der Waals surface area contributed by atoms with E-state index in [9.17, 15) is 4.79 Å². The van der Waals surface area contributed by atoms with Crippen LogP contribution < -0.4 is 15.5 Å². The Kier molecular flexibility index (Phi) is 5.67. The molecule has 0 aliphatic carbocycles. The van der Waals surface area contributed by atoms with Crippen LogP contribution in [0.15, 0.2) is 24.3 Å². The topological polar surface area (TPSA) is 44.4 Å². The summed E-state index contributed by atoms with van der Waals surface area (Å²) in [7, 11) is 0. The van der Waals surface area contributed by atoms with E-state index in [0.717, 1.165) is 51.9 Å². The van der Waals surface area contributed by atoms with Crippen molar-refractivity contribution in [2.75, 3.05) is 31.1 Å². The smallest absolute Gasteiger partial charge is 0.224 e. The van der Waals surface area contributed by atoms with Gasteiger partial charge in [-0.1, -0.05) is 32.9 Å². The summed E-state index contributed by atoms with van der Waals surface area (Å²) in [4.78, 5) is 14.8. The van der Waals surface area contributed by atoms with Crippen molar-refractivity contribution >= 4 is 11.6 Å². The first-order chi connectivity index (χ1) is 11.9. The molecule has 2 aliphatic rings. The van der Waals surface area contributed by atoms with Crippen LogP contribution in [0.1, 0.15) is 52.0 Å². The van der Waals surface area contributed by atoms with Gasteiger partial charge < -0.3 is 15.5 Å². The van der Waals surface area contributed by atoms with E-state index in [-0.39, 0.29) is 17.2 Å². The molecule has 4 nitrogen and oxygen atoms in total. The van der Waals surface area contributed by atoms with Gasteiger partial charge in [0.25, 0.3) is 0 Å². The minimum Gasteiger partial charge on any atom is -0.371 e. The number of carbonyl (C=O) groups excluding carboxylic acids is 1. The van der Waals surface area contributed by atoms with E-state index in [1.54, 1.807) is 0 Å². The molecular formula is C21H33N3O. The minimum atomic E-state index is 0.164. The highest BCUT2D eigenvalue weighted by Gasteiger charge is 2.26. The normalized spacial score (nSPS) is 22.7. The van der Waals surface area contributed by atoms with Gasteiger partial charge in [0, 0.05) is 31.4 Å². The fourth-order valence-electron chi connectivity index (χ4n) is 3.85. The first-order valence-corrected chi connectivity index (χ1v) is 9.80. The van der Waals surface area contributed by atoms with Crippen molar-refractivity contribution in [3.63, 3.8) is 0 Å². The maximum Gasteiger partial charge on any atom is 0.224 e. The molecule has 1 unspecified atom stereocenters. The second-order valence-corrected chi connectivity index (χ2v) is 8.61. The van der Waals surface area contributed by atoms with Gasteiger partial charge in [0.15, 0.2) is 0 Å². The van der Waals surface area contributed by atoms with Crippen molar-refractivity contribution in [2.24, 2.45) is 5.92 Å². The Balaban J connectivity index is 1.49. The fraction of sp³-hybridized carbons (Fsp3) is 0.667. The molecule has 1 aromatic rings. The van der Waals surface area contributed by atoms with Gasteiger partial charge in [0.05, 0.1) is 5.92 Å². The van der Waals surface area contributed by atoms with Gasteiger partial charge in [-0.15, -0.1) is 0 Å². The highest BCUT2D eigenvalue weighted by Crippen LogP contribution is 2.26. The van der Waals surface area contributed by atoms with Gasteiger partial charge in [-0.2, -0.15) is 0 Å². The van der Waals surface area contributed by atoms with Gasteiger partial charge >= 0.3 is 0 Å². The largest absolute Gasteiger partial charge is 0.371 e. The average Bonchev–Trinajstić information content (AvgIpc) is 2.62. The monoisotopic (exact) mass is 343 g/mol. The number of carbonyl (C=O) groups is 1. The standard InChI is InChI=1S/C21H33N3O/c1-21(2,3)17-6-8-19(9-7-17)24-13-10-18(11-14-24)23-20(25)16-5-4-12-22-15-16/h6-9,16,18,22H,4-5,10-15H2,1-3H3,(H,23,25). The SMILES string of the molecule is CC(C)(C)c1ccc(N2CCC(NC(=O)C3CCCNC3)CC2)cc1. The first kappa shape index (κ1) is 18.2. The quantitative estimate of drug-likeness (QED) is 0.886. The summed E-state index contributed by atoms with van der Waals surface area (Å²) >= 11 is 0. The molecule has 0 aromatic heterocycles. The lowest BCUT2D eigenvalue weighted by atomic mass is 9.87. The number of nitrogens with one attached hydrogen (secondary N) is 2. The zero-order valence-electron chi connectivity index (χ0n) is 16.0. The first-order valence-electron chi connectivity index (χ1n) is 9.80. The molecule has 25 heavy (non-hydrogen) atoms. The Morgan fingerprint density at radius 2 is 1.80 bits per heavy atom. The predicted octanol–water partition coefficient (Wildman–Crippen LogP) is 3.07. The number of nitrogens with zero attached hydrogens (tertiary/aromatic N) is 1. The molecule has 2 heterocycles. The van der Waals surface area contributed by atoms with Crippen LogP contribution in [-0.2, 0) is 10.2 Å². The maximum atomic E-state index is 12.4. The van der Waals surface area contributed by atoms with E-state index in [1.165, 1.54) is 11.3 Å². The maximum absolute atomic E-state index is 12.4. The molecular weight excluding hydrogens is 310 g/mol. The molecule has 0 radical (unpaired) electrons. The van der Waals surface area contributed by atoms with Gasteiger partial charge in [-0.05, 0) is 55.3 Å². The van der Waals surface area contributed by atoms with Gasteiger partial charge in [0.1, 0.15) is 0 Å². The molecule has 4 heteroatoms. The lowest BCUT2D eigenvalue weighted by molar-refractivity contribution is -0.126. The number of hydrogen-bond acceptors (Lipinski definition) is 3. The molecule has 0 spiro atoms. The van der Waals surface area contributed by atoms with Gasteiger partial charge in [-0.25, -0.2) is 0 Å². The van der Waals surface area contributed by atoms with E-state index >= 15 is 0 Å². The van der Waals surface area contributed by atoms with Crippen LogP contribution in [0.2, 0.25) is 0 Å². The molecule has 0 saturated carbocycles. The Bertz CT molecular complexity index is 562. The zero-order chi connectivity index (χ0) is 17.9. The molecule has 1 aromatic carbocycles. The number of rotatable bonds is 3. The van der Waals surface area contributed by atoms with Crippen molar-refractivity contribution in [1.29, 1.82) is 0 Å². The van der Waals surface area contributed by atoms with Gasteiger partial charge in [-0.3, -0.25) is 4.79 Å². The van der Waals surface area contributed by atoms with E-state index in [2.05, 4.69) is 60.6 Å². The molecule has 2 aliphatic heterocycles. The third-order valence-corrected chi connectivity index (χ3v) is 5.61. The number of amides is 1. The summed E-state index contributed by atoms with van der Waals surface area (Å²) in [6.07, 6.45) is 4.21. The summed E-state index contributed by atoms with van der Waals surface area (Å²) in [6, 6.07) is 9.32. The van der Waals surface area contributed by atoms with E-state index in [0.29, 0.717) is 6.04 Å². The summed E-state index contributed by atoms with van der Waals surface area (Å²) in [5.41, 5.74) is 2.87. The molecule has 3 rings (SSSR count). The average molecular weight is 344 g/mol. The number of hydrogen-bond donors (Lipinski definition) is 2. The zero-order valence-corrected chi connectivity index (χ0v) is 16.0. The van der Waals surface area contributed by atoms with Crippen LogP contribution in [0.4, 0.5) is 5.69 Å². The molecule has 0 bridgehead atoms. The highest BCUT2D eigenvalue weighted by molar-refractivity contribution is 5.79. The second-order valence-electron chi connectivity index (χ2n) is 8.61. The molecule has 138 valence electrons. The lowest BCUT2D eigenvalue weighted by Gasteiger charge is -2.35. The summed E-state index contributed by atoms with van der Waals surface area (Å²) in [5, 5.41) is 6.61. The number of piperidine rings is 2. The van der Waals surface area contributed by atoms with Crippen LogP contribution in [-0.4, -0.2) is 38.1 Å². The lowest BCUT2D eigenvalue weighted by Crippen LogP contribution is -2.48. The van der Waals surface area contributed by atoms with Crippen LogP contribution in [0.5, 0.6) is 0 Å². The van der Waals surface area contributed by atoms with E-state index in [4.69, 9.17) is 0 Å². The summed E-state index contributed by atoms with van der Waals surface area (Å²) in [6.45, 7) is 10.7. The van der Waals surface area contributed by atoms with E-state index < -0.39 is 0 Å². The van der Waals surface area contributed by atoms with Crippen molar-refractivity contribution in [2.45, 2.75) is 57.9 Å². The van der Waals surface area contributed by atoms with Gasteiger partial charge in [0.2, 0.25) is 5.91 Å². The van der Waals surface area contributed by atoms with Crippen molar-refractivity contribution in [3.05, 3.63) is 29.8 Å². The fourth-order valence-corrected chi connectivity index (χ4v) is 3.85. The van der Waals surface area contributed by atoms with E-state index in [1.807, 2.05) is 0 Å². The summed E-state index contributed by atoms with van der Waals surface area (Å²) < 4.78 is 0. The predicted molar refractivity (Wildman–Crippen MR) is 104 cm³/mol. The Morgan fingerprint density at radius 1 is 1.12 bits per heavy atom. The number of anilines is 1.